The third-order valence-electron chi connectivity index (χ3n) is 3.52. The van der Waals surface area contributed by atoms with Crippen LogP contribution in [0.4, 0.5) is 24.9 Å². The lowest BCUT2D eigenvalue weighted by atomic mass is 10.2. The van der Waals surface area contributed by atoms with Gasteiger partial charge in [-0.2, -0.15) is 18.2 Å². The van der Waals surface area contributed by atoms with Crippen LogP contribution in [0, 0.1) is 0 Å². The first-order valence-corrected chi connectivity index (χ1v) is 7.70. The zero-order valence-electron chi connectivity index (χ0n) is 12.6. The minimum Gasteiger partial charge on any atom is -0.475 e. The molecular formula is C13H17ClF3N5O2. The molecule has 2 aliphatic heterocycles. The van der Waals surface area contributed by atoms with E-state index >= 15 is 0 Å². The summed E-state index contributed by atoms with van der Waals surface area (Å²) in [5.74, 6) is -1.21. The number of nitrogens with zero attached hydrogens (tertiary/aromatic N) is 3. The van der Waals surface area contributed by atoms with E-state index in [1.54, 1.807) is 6.20 Å². The number of nitrogens with one attached hydrogen (secondary N) is 2. The van der Waals surface area contributed by atoms with Gasteiger partial charge in [-0.1, -0.05) is 11.6 Å². The van der Waals surface area contributed by atoms with Crippen molar-refractivity contribution in [3.8, 4) is 0 Å². The Morgan fingerprint density at radius 3 is 2.58 bits per heavy atom. The molecule has 2 fully saturated rings. The highest BCUT2D eigenvalue weighted by atomic mass is 35.5. The van der Waals surface area contributed by atoms with Gasteiger partial charge in [0.2, 0.25) is 5.95 Å². The van der Waals surface area contributed by atoms with E-state index < -0.39 is 12.1 Å². The summed E-state index contributed by atoms with van der Waals surface area (Å²) in [7, 11) is 0. The average molecular weight is 368 g/mol. The van der Waals surface area contributed by atoms with Gasteiger partial charge in [-0.3, -0.25) is 0 Å². The molecule has 0 radical (unpaired) electrons. The second-order valence-electron chi connectivity index (χ2n) is 5.34. The topological polar surface area (TPSA) is 90.4 Å². The Morgan fingerprint density at radius 2 is 2.12 bits per heavy atom. The second kappa shape index (κ2) is 7.84. The molecule has 11 heteroatoms. The predicted octanol–water partition coefficient (Wildman–Crippen LogP) is 1.75. The maximum atomic E-state index is 10.6. The van der Waals surface area contributed by atoms with E-state index in [9.17, 15) is 13.2 Å². The molecule has 2 saturated heterocycles. The third kappa shape index (κ3) is 5.10. The first-order valence-electron chi connectivity index (χ1n) is 7.32. The van der Waals surface area contributed by atoms with Crippen molar-refractivity contribution in [2.24, 2.45) is 0 Å². The molecule has 0 bridgehead atoms. The molecule has 3 heterocycles. The number of hydrogen-bond acceptors (Lipinski definition) is 6. The van der Waals surface area contributed by atoms with Crippen molar-refractivity contribution >= 4 is 29.3 Å². The van der Waals surface area contributed by atoms with Crippen LogP contribution in [0.1, 0.15) is 12.8 Å². The van der Waals surface area contributed by atoms with Crippen molar-refractivity contribution in [2.75, 3.05) is 36.4 Å². The summed E-state index contributed by atoms with van der Waals surface area (Å²) in [6.45, 7) is 4.12. The largest absolute Gasteiger partial charge is 0.490 e. The van der Waals surface area contributed by atoms with Crippen molar-refractivity contribution < 1.29 is 23.1 Å². The minimum atomic E-state index is -5.08. The molecule has 2 aliphatic rings. The van der Waals surface area contributed by atoms with Crippen LogP contribution >= 0.6 is 11.6 Å². The summed E-state index contributed by atoms with van der Waals surface area (Å²) in [5, 5.41) is 14.4. The molecule has 0 unspecified atom stereocenters. The van der Waals surface area contributed by atoms with Crippen LogP contribution in [-0.2, 0) is 4.79 Å². The normalized spacial score (nSPS) is 20.0. The quantitative estimate of drug-likeness (QED) is 0.749. The Kier molecular flexibility index (Phi) is 6.05. The fourth-order valence-corrected chi connectivity index (χ4v) is 2.35. The Bertz CT molecular complexity index is 577. The van der Waals surface area contributed by atoms with Gasteiger partial charge in [-0.15, -0.1) is 0 Å². The summed E-state index contributed by atoms with van der Waals surface area (Å²) in [6.07, 6.45) is -1.06. The van der Waals surface area contributed by atoms with Gasteiger partial charge < -0.3 is 20.6 Å². The Balaban J connectivity index is 0.000000256. The first kappa shape index (κ1) is 18.5. The number of rotatable bonds is 3. The maximum absolute atomic E-state index is 10.6. The van der Waals surface area contributed by atoms with Crippen molar-refractivity contribution in [2.45, 2.75) is 25.1 Å². The average Bonchev–Trinajstić information content (AvgIpc) is 2.93. The molecule has 0 aromatic carbocycles. The lowest BCUT2D eigenvalue weighted by molar-refractivity contribution is -0.192. The maximum Gasteiger partial charge on any atom is 0.490 e. The highest BCUT2D eigenvalue weighted by Gasteiger charge is 2.38. The molecule has 3 N–H and O–H groups in total. The van der Waals surface area contributed by atoms with Crippen molar-refractivity contribution in [1.29, 1.82) is 0 Å². The molecule has 1 aromatic rings. The van der Waals surface area contributed by atoms with Crippen molar-refractivity contribution in [3.63, 3.8) is 0 Å². The van der Waals surface area contributed by atoms with Gasteiger partial charge in [0.15, 0.2) is 5.82 Å². The molecule has 134 valence electrons. The summed E-state index contributed by atoms with van der Waals surface area (Å²) >= 11 is 6.11. The van der Waals surface area contributed by atoms with E-state index in [4.69, 9.17) is 21.5 Å². The minimum absolute atomic E-state index is 0.431. The van der Waals surface area contributed by atoms with E-state index in [-0.39, 0.29) is 0 Å². The summed E-state index contributed by atoms with van der Waals surface area (Å²) in [4.78, 5) is 19.8. The number of anilines is 2. The predicted molar refractivity (Wildman–Crippen MR) is 82.5 cm³/mol. The van der Waals surface area contributed by atoms with E-state index in [0.717, 1.165) is 38.4 Å². The highest BCUT2D eigenvalue weighted by molar-refractivity contribution is 6.32. The Hall–Kier alpha value is -1.81. The zero-order chi connectivity index (χ0) is 17.7. The van der Waals surface area contributed by atoms with Crippen LogP contribution in [0.3, 0.4) is 0 Å². The molecule has 3 rings (SSSR count). The number of alkyl halides is 3. The van der Waals surface area contributed by atoms with E-state index in [1.807, 2.05) is 0 Å². The van der Waals surface area contributed by atoms with E-state index in [2.05, 4.69) is 25.5 Å². The van der Waals surface area contributed by atoms with Gasteiger partial charge >= 0.3 is 12.1 Å². The molecule has 1 atom stereocenters. The molecule has 24 heavy (non-hydrogen) atoms. The van der Waals surface area contributed by atoms with Gasteiger partial charge in [-0.25, -0.2) is 9.78 Å². The summed E-state index contributed by atoms with van der Waals surface area (Å²) in [5.41, 5.74) is 0. The lowest BCUT2D eigenvalue weighted by Gasteiger charge is -2.32. The van der Waals surface area contributed by atoms with Crippen LogP contribution in [0.5, 0.6) is 0 Å². The number of carbonyl (C=O) groups is 1. The highest BCUT2D eigenvalue weighted by Crippen LogP contribution is 2.27. The monoisotopic (exact) mass is 367 g/mol. The van der Waals surface area contributed by atoms with Crippen LogP contribution in [-0.4, -0.2) is 59.4 Å². The van der Waals surface area contributed by atoms with Gasteiger partial charge in [0, 0.05) is 25.7 Å². The summed E-state index contributed by atoms with van der Waals surface area (Å²) < 4.78 is 31.7. The van der Waals surface area contributed by atoms with Gasteiger partial charge in [-0.05, 0) is 19.4 Å². The second-order valence-corrected chi connectivity index (χ2v) is 5.75. The number of halogens is 4. The van der Waals surface area contributed by atoms with E-state index in [1.165, 1.54) is 6.42 Å². The Labute approximate surface area is 141 Å². The first-order chi connectivity index (χ1) is 11.3. The molecule has 7 nitrogen and oxygen atoms in total. The van der Waals surface area contributed by atoms with Crippen molar-refractivity contribution in [3.05, 3.63) is 11.2 Å². The standard InChI is InChI=1S/C11H16ClN5.C2HF3O2/c12-9-7-14-11(15-8-2-3-13-6-8)16-10(9)17-4-1-5-17;3-2(4,5)1(6)7/h7-8,13H,1-6H2,(H,14,15,16);(H,6,7)/t8-;/m1./s1. The molecule has 0 aliphatic carbocycles. The fourth-order valence-electron chi connectivity index (χ4n) is 2.14. The third-order valence-corrected chi connectivity index (χ3v) is 3.78. The van der Waals surface area contributed by atoms with Crippen LogP contribution in [0.25, 0.3) is 0 Å². The van der Waals surface area contributed by atoms with Crippen LogP contribution in [0.2, 0.25) is 5.02 Å². The number of hydrogen-bond donors (Lipinski definition) is 3. The Morgan fingerprint density at radius 1 is 1.46 bits per heavy atom. The van der Waals surface area contributed by atoms with Gasteiger partial charge in [0.25, 0.3) is 0 Å². The number of carboxylic acids is 1. The lowest BCUT2D eigenvalue weighted by Crippen LogP contribution is -2.38. The zero-order valence-corrected chi connectivity index (χ0v) is 13.4. The summed E-state index contributed by atoms with van der Waals surface area (Å²) in [6, 6.07) is 0.431. The smallest absolute Gasteiger partial charge is 0.475 e. The molecule has 1 aromatic heterocycles. The van der Waals surface area contributed by atoms with Crippen LogP contribution in [0.15, 0.2) is 6.20 Å². The molecule has 0 spiro atoms. The van der Waals surface area contributed by atoms with Gasteiger partial charge in [0.1, 0.15) is 5.02 Å². The number of aromatic nitrogens is 2. The molecular weight excluding hydrogens is 351 g/mol. The van der Waals surface area contributed by atoms with Gasteiger partial charge in [0.05, 0.1) is 6.20 Å². The van der Waals surface area contributed by atoms with E-state index in [0.29, 0.717) is 17.0 Å². The number of carboxylic acid groups (broad SMARTS) is 1. The van der Waals surface area contributed by atoms with Crippen molar-refractivity contribution in [1.82, 2.24) is 15.3 Å². The van der Waals surface area contributed by atoms with Crippen LogP contribution < -0.4 is 15.5 Å². The fraction of sp³-hybridized carbons (Fsp3) is 0.615. The molecule has 0 saturated carbocycles. The molecule has 0 amide bonds. The number of aliphatic carboxylic acids is 1. The SMILES string of the molecule is Clc1cnc(N[C@@H]2CCNC2)nc1N1CCC1.O=C(O)C(F)(F)F.